The van der Waals surface area contributed by atoms with Crippen molar-refractivity contribution in [3.8, 4) is 5.75 Å². The van der Waals surface area contributed by atoms with Crippen molar-refractivity contribution < 1.29 is 19.4 Å². The van der Waals surface area contributed by atoms with Crippen molar-refractivity contribution >= 4 is 46.3 Å². The number of unbranched alkanes of at least 4 members (excludes halogenated alkanes) is 7. The summed E-state index contributed by atoms with van der Waals surface area (Å²) < 4.78 is 6.61. The lowest BCUT2D eigenvalue weighted by atomic mass is 10.0. The van der Waals surface area contributed by atoms with Gasteiger partial charge in [-0.3, -0.25) is 14.5 Å². The Hall–Kier alpha value is -2.12. The van der Waals surface area contributed by atoms with Crippen LogP contribution in [-0.2, 0) is 9.59 Å². The van der Waals surface area contributed by atoms with Crippen molar-refractivity contribution in [1.82, 2.24) is 4.90 Å². The molecule has 1 atom stereocenters. The number of para-hydroxylation sites is 1. The van der Waals surface area contributed by atoms with Gasteiger partial charge in [0.2, 0.25) is 0 Å². The third kappa shape index (κ3) is 6.94. The molecule has 2 aliphatic rings. The molecule has 0 aromatic heterocycles. The molecule has 172 valence electrons. The van der Waals surface area contributed by atoms with Gasteiger partial charge in [0, 0.05) is 18.5 Å². The SMILES string of the molecule is CC1Oc2ccccc2C=C1/C=C1\SC(=S)N(CCCCCCCCCCC(=O)O)C1=O. The summed E-state index contributed by atoms with van der Waals surface area (Å²) in [6.45, 7) is 2.65. The summed E-state index contributed by atoms with van der Waals surface area (Å²) in [5.41, 5.74) is 2.00. The number of aliphatic carboxylic acids is 1. The number of hydrogen-bond acceptors (Lipinski definition) is 5. The summed E-state index contributed by atoms with van der Waals surface area (Å²) in [4.78, 5) is 25.8. The Morgan fingerprint density at radius 1 is 1.12 bits per heavy atom. The minimum absolute atomic E-state index is 0.00890. The molecule has 1 saturated heterocycles. The Labute approximate surface area is 199 Å². The fourth-order valence-corrected chi connectivity index (χ4v) is 5.18. The molecule has 7 heteroatoms. The first-order valence-corrected chi connectivity index (χ1v) is 12.6. The van der Waals surface area contributed by atoms with Gasteiger partial charge in [0.25, 0.3) is 5.91 Å². The van der Waals surface area contributed by atoms with Crippen LogP contribution in [0.25, 0.3) is 6.08 Å². The fraction of sp³-hybridized carbons (Fsp3) is 0.480. The molecule has 1 amide bonds. The summed E-state index contributed by atoms with van der Waals surface area (Å²) in [6, 6.07) is 7.90. The van der Waals surface area contributed by atoms with Gasteiger partial charge < -0.3 is 9.84 Å². The molecule has 0 aliphatic carbocycles. The van der Waals surface area contributed by atoms with E-state index in [4.69, 9.17) is 22.1 Å². The number of benzene rings is 1. The molecule has 3 rings (SSSR count). The number of fused-ring (bicyclic) bond motifs is 1. The molecule has 0 radical (unpaired) electrons. The first kappa shape index (κ1) is 24.5. The molecule has 0 spiro atoms. The second kappa shape index (κ2) is 12.2. The summed E-state index contributed by atoms with van der Waals surface area (Å²) in [5, 5.41) is 8.64. The van der Waals surface area contributed by atoms with Crippen LogP contribution in [0.1, 0.15) is 70.3 Å². The highest BCUT2D eigenvalue weighted by Crippen LogP contribution is 2.35. The molecule has 1 fully saturated rings. The Balaban J connectivity index is 1.41. The van der Waals surface area contributed by atoms with Gasteiger partial charge in [0.05, 0.1) is 4.91 Å². The maximum Gasteiger partial charge on any atom is 0.303 e. The third-order valence-corrected chi connectivity index (χ3v) is 7.09. The number of thioether (sulfide) groups is 1. The second-order valence-corrected chi connectivity index (χ2v) is 9.92. The van der Waals surface area contributed by atoms with Crippen LogP contribution >= 0.6 is 24.0 Å². The van der Waals surface area contributed by atoms with Crippen LogP contribution in [0.15, 0.2) is 40.8 Å². The number of nitrogens with zero attached hydrogens (tertiary/aromatic N) is 1. The van der Waals surface area contributed by atoms with E-state index in [-0.39, 0.29) is 18.4 Å². The van der Waals surface area contributed by atoms with Crippen molar-refractivity contribution in [3.05, 3.63) is 46.4 Å². The van der Waals surface area contributed by atoms with Crippen molar-refractivity contribution in [1.29, 1.82) is 0 Å². The molecule has 2 aliphatic heterocycles. The van der Waals surface area contributed by atoms with E-state index in [2.05, 4.69) is 6.08 Å². The predicted octanol–water partition coefficient (Wildman–Crippen LogP) is 6.19. The summed E-state index contributed by atoms with van der Waals surface area (Å²) in [6.07, 6.45) is 12.4. The van der Waals surface area contributed by atoms with Gasteiger partial charge >= 0.3 is 5.97 Å². The molecule has 32 heavy (non-hydrogen) atoms. The Kier molecular flexibility index (Phi) is 9.36. The molecular formula is C25H31NO4S2. The maximum atomic E-state index is 12.9. The van der Waals surface area contributed by atoms with Gasteiger partial charge in [-0.05, 0) is 43.6 Å². The average molecular weight is 474 g/mol. The molecule has 2 heterocycles. The van der Waals surface area contributed by atoms with E-state index in [1.165, 1.54) is 11.8 Å². The number of amides is 1. The first-order valence-electron chi connectivity index (χ1n) is 11.4. The lowest BCUT2D eigenvalue weighted by Crippen LogP contribution is -2.29. The number of carbonyl (C=O) groups is 2. The van der Waals surface area contributed by atoms with Crippen molar-refractivity contribution in [3.63, 3.8) is 0 Å². The number of ether oxygens (including phenoxy) is 1. The summed E-state index contributed by atoms with van der Waals surface area (Å²) in [5.74, 6) is 0.148. The number of thiocarbonyl (C=S) groups is 1. The minimum Gasteiger partial charge on any atom is -0.485 e. The molecule has 1 aromatic rings. The molecule has 1 N–H and O–H groups in total. The largest absolute Gasteiger partial charge is 0.485 e. The summed E-state index contributed by atoms with van der Waals surface area (Å²) >= 11 is 6.84. The predicted molar refractivity (Wildman–Crippen MR) is 134 cm³/mol. The van der Waals surface area contributed by atoms with E-state index in [1.807, 2.05) is 37.3 Å². The number of carbonyl (C=O) groups excluding carboxylic acids is 1. The second-order valence-electron chi connectivity index (χ2n) is 8.25. The molecule has 1 aromatic carbocycles. The highest BCUT2D eigenvalue weighted by Gasteiger charge is 2.32. The zero-order valence-corrected chi connectivity index (χ0v) is 20.2. The standard InChI is InChI=1S/C25H31NO4S2/c1-18-20(16-19-12-9-10-13-21(19)30-18)17-22-24(29)26(25(31)32-22)15-11-7-5-3-2-4-6-8-14-23(27)28/h9-10,12-13,16-18H,2-8,11,14-15H2,1H3,(H,27,28)/b22-17-. The average Bonchev–Trinajstić information content (AvgIpc) is 3.02. The van der Waals surface area contributed by atoms with Gasteiger partial charge in [-0.2, -0.15) is 0 Å². The fourth-order valence-electron chi connectivity index (χ4n) is 3.87. The van der Waals surface area contributed by atoms with Crippen LogP contribution in [0.5, 0.6) is 5.75 Å². The highest BCUT2D eigenvalue weighted by molar-refractivity contribution is 8.26. The molecule has 0 bridgehead atoms. The molecule has 1 unspecified atom stereocenters. The minimum atomic E-state index is -0.709. The third-order valence-electron chi connectivity index (χ3n) is 5.71. The quantitative estimate of drug-likeness (QED) is 0.222. The number of hydrogen-bond donors (Lipinski definition) is 1. The zero-order valence-electron chi connectivity index (χ0n) is 18.5. The molecule has 0 saturated carbocycles. The van der Waals surface area contributed by atoms with Crippen LogP contribution in [0.2, 0.25) is 0 Å². The van der Waals surface area contributed by atoms with Crippen LogP contribution in [0.3, 0.4) is 0 Å². The van der Waals surface area contributed by atoms with Crippen molar-refractivity contribution in [2.75, 3.05) is 6.54 Å². The van der Waals surface area contributed by atoms with Crippen molar-refractivity contribution in [2.24, 2.45) is 0 Å². The van der Waals surface area contributed by atoms with Gasteiger partial charge in [-0.25, -0.2) is 0 Å². The lowest BCUT2D eigenvalue weighted by Gasteiger charge is -2.23. The Morgan fingerprint density at radius 3 is 2.50 bits per heavy atom. The van der Waals surface area contributed by atoms with Gasteiger partial charge in [0.1, 0.15) is 16.2 Å². The molecular weight excluding hydrogens is 442 g/mol. The van der Waals surface area contributed by atoms with E-state index >= 15 is 0 Å². The topological polar surface area (TPSA) is 66.8 Å². The lowest BCUT2D eigenvalue weighted by molar-refractivity contribution is -0.137. The van der Waals surface area contributed by atoms with Crippen molar-refractivity contribution in [2.45, 2.75) is 70.8 Å². The van der Waals surface area contributed by atoms with Crippen LogP contribution < -0.4 is 4.74 Å². The number of rotatable bonds is 12. The van der Waals surface area contributed by atoms with E-state index in [1.54, 1.807) is 4.90 Å². The first-order chi connectivity index (χ1) is 15.5. The Bertz CT molecular complexity index is 909. The van der Waals surface area contributed by atoms with Crippen LogP contribution in [0.4, 0.5) is 0 Å². The normalized spacial score (nSPS) is 19.2. The molecule has 5 nitrogen and oxygen atoms in total. The smallest absolute Gasteiger partial charge is 0.303 e. The highest BCUT2D eigenvalue weighted by atomic mass is 32.2. The van der Waals surface area contributed by atoms with Gasteiger partial charge in [-0.1, -0.05) is 80.7 Å². The van der Waals surface area contributed by atoms with Gasteiger partial charge in [-0.15, -0.1) is 0 Å². The van der Waals surface area contributed by atoms with Gasteiger partial charge in [0.15, 0.2) is 0 Å². The van der Waals surface area contributed by atoms with E-state index in [0.29, 0.717) is 15.8 Å². The zero-order chi connectivity index (χ0) is 22.9. The number of carboxylic acids is 1. The summed E-state index contributed by atoms with van der Waals surface area (Å²) in [7, 11) is 0. The Morgan fingerprint density at radius 2 is 1.78 bits per heavy atom. The van der Waals surface area contributed by atoms with E-state index in [0.717, 1.165) is 68.3 Å². The van der Waals surface area contributed by atoms with Crippen LogP contribution in [0, 0.1) is 0 Å². The van der Waals surface area contributed by atoms with E-state index in [9.17, 15) is 9.59 Å². The maximum absolute atomic E-state index is 12.9. The monoisotopic (exact) mass is 473 g/mol. The van der Waals surface area contributed by atoms with Crippen LogP contribution in [-0.4, -0.2) is 38.9 Å². The van der Waals surface area contributed by atoms with E-state index < -0.39 is 5.97 Å². The number of carboxylic acid groups (broad SMARTS) is 1.